The van der Waals surface area contributed by atoms with Gasteiger partial charge in [0.25, 0.3) is 0 Å². The average molecular weight is 284 g/mol. The quantitative estimate of drug-likeness (QED) is 0.937. The maximum Gasteiger partial charge on any atom is 0.223 e. The number of nitrogens with two attached hydrogens (primary N) is 1. The maximum absolute atomic E-state index is 5.87. The number of benzene rings is 1. The second-order valence-corrected chi connectivity index (χ2v) is 5.44. The number of hydrogen-bond acceptors (Lipinski definition) is 5. The van der Waals surface area contributed by atoms with Crippen molar-refractivity contribution >= 4 is 5.95 Å². The topological polar surface area (TPSA) is 73.9 Å². The normalized spacial score (nSPS) is 15.9. The largest absolute Gasteiger partial charge is 0.497 e. The molecule has 3 rings (SSSR count). The fourth-order valence-corrected chi connectivity index (χ4v) is 2.82. The molecule has 5 nitrogen and oxygen atoms in total. The first kappa shape index (κ1) is 13.8. The minimum atomic E-state index is 0.302. The number of hydrogen-bond donors (Lipinski definition) is 1. The lowest BCUT2D eigenvalue weighted by molar-refractivity contribution is 0.415. The fourth-order valence-electron chi connectivity index (χ4n) is 2.82. The van der Waals surface area contributed by atoms with Crippen molar-refractivity contribution in [2.24, 2.45) is 0 Å². The molecule has 0 amide bonds. The van der Waals surface area contributed by atoms with E-state index in [-0.39, 0.29) is 0 Å². The van der Waals surface area contributed by atoms with Crippen molar-refractivity contribution in [3.8, 4) is 17.1 Å². The van der Waals surface area contributed by atoms with E-state index < -0.39 is 0 Å². The highest BCUT2D eigenvalue weighted by molar-refractivity contribution is 5.57. The molecule has 1 aromatic heterocycles. The Morgan fingerprint density at radius 1 is 1.00 bits per heavy atom. The van der Waals surface area contributed by atoms with E-state index in [0.29, 0.717) is 17.7 Å². The van der Waals surface area contributed by atoms with E-state index in [4.69, 9.17) is 10.5 Å². The lowest BCUT2D eigenvalue weighted by Crippen LogP contribution is -2.12. The van der Waals surface area contributed by atoms with Crippen LogP contribution in [0.15, 0.2) is 24.3 Å². The van der Waals surface area contributed by atoms with Crippen molar-refractivity contribution < 1.29 is 4.74 Å². The molecule has 0 bridgehead atoms. The minimum Gasteiger partial charge on any atom is -0.497 e. The molecular weight excluding hydrogens is 264 g/mol. The lowest BCUT2D eigenvalue weighted by atomic mass is 9.89. The summed E-state index contributed by atoms with van der Waals surface area (Å²) in [6.45, 7) is 0. The molecule has 0 unspecified atom stereocenters. The highest BCUT2D eigenvalue weighted by atomic mass is 16.5. The van der Waals surface area contributed by atoms with Gasteiger partial charge in [-0.25, -0.2) is 4.98 Å². The zero-order valence-corrected chi connectivity index (χ0v) is 12.2. The van der Waals surface area contributed by atoms with E-state index in [0.717, 1.165) is 30.0 Å². The molecule has 2 N–H and O–H groups in total. The van der Waals surface area contributed by atoms with Crippen molar-refractivity contribution in [1.29, 1.82) is 0 Å². The molecule has 1 aliphatic rings. The Balaban J connectivity index is 1.92. The average Bonchev–Trinajstić information content (AvgIpc) is 2.55. The van der Waals surface area contributed by atoms with Gasteiger partial charge in [-0.3, -0.25) is 0 Å². The smallest absolute Gasteiger partial charge is 0.223 e. The second kappa shape index (κ2) is 6.08. The Kier molecular flexibility index (Phi) is 3.99. The van der Waals surface area contributed by atoms with Crippen molar-refractivity contribution in [2.45, 2.75) is 38.0 Å². The van der Waals surface area contributed by atoms with E-state index in [9.17, 15) is 0 Å². The van der Waals surface area contributed by atoms with Crippen LogP contribution in [-0.4, -0.2) is 22.1 Å². The van der Waals surface area contributed by atoms with Crippen molar-refractivity contribution in [1.82, 2.24) is 15.0 Å². The Hall–Kier alpha value is -2.17. The van der Waals surface area contributed by atoms with Gasteiger partial charge in [-0.1, -0.05) is 19.3 Å². The Labute approximate surface area is 124 Å². The molecule has 21 heavy (non-hydrogen) atoms. The predicted octanol–water partition coefficient (Wildman–Crippen LogP) is 3.18. The maximum atomic E-state index is 5.87. The molecule has 110 valence electrons. The summed E-state index contributed by atoms with van der Waals surface area (Å²) >= 11 is 0. The van der Waals surface area contributed by atoms with Gasteiger partial charge in [-0.15, -0.1) is 0 Å². The first-order chi connectivity index (χ1) is 10.3. The summed E-state index contributed by atoms with van der Waals surface area (Å²) in [7, 11) is 1.65. The molecule has 0 atom stereocenters. The fraction of sp³-hybridized carbons (Fsp3) is 0.438. The van der Waals surface area contributed by atoms with Crippen LogP contribution in [0.4, 0.5) is 5.95 Å². The van der Waals surface area contributed by atoms with Crippen molar-refractivity contribution in [2.75, 3.05) is 12.8 Å². The zero-order valence-electron chi connectivity index (χ0n) is 12.2. The third-order valence-electron chi connectivity index (χ3n) is 3.99. The van der Waals surface area contributed by atoms with Gasteiger partial charge in [0.05, 0.1) is 7.11 Å². The molecule has 1 heterocycles. The summed E-state index contributed by atoms with van der Waals surface area (Å²) in [4.78, 5) is 13.3. The van der Waals surface area contributed by atoms with Gasteiger partial charge < -0.3 is 10.5 Å². The van der Waals surface area contributed by atoms with E-state index in [1.165, 1.54) is 19.3 Å². The van der Waals surface area contributed by atoms with E-state index >= 15 is 0 Å². The highest BCUT2D eigenvalue weighted by Gasteiger charge is 2.20. The van der Waals surface area contributed by atoms with Crippen LogP contribution in [0.5, 0.6) is 5.75 Å². The molecule has 1 aromatic carbocycles. The first-order valence-electron chi connectivity index (χ1n) is 7.42. The van der Waals surface area contributed by atoms with E-state index in [1.807, 2.05) is 24.3 Å². The number of anilines is 1. The second-order valence-electron chi connectivity index (χ2n) is 5.44. The summed E-state index contributed by atoms with van der Waals surface area (Å²) in [5, 5.41) is 0. The summed E-state index contributed by atoms with van der Waals surface area (Å²) in [6.07, 6.45) is 6.08. The van der Waals surface area contributed by atoms with Crippen LogP contribution in [0.3, 0.4) is 0 Å². The molecule has 0 aliphatic heterocycles. The van der Waals surface area contributed by atoms with Crippen LogP contribution in [0.2, 0.25) is 0 Å². The molecule has 0 radical (unpaired) electrons. The molecule has 2 aromatic rings. The van der Waals surface area contributed by atoms with Crippen molar-refractivity contribution in [3.05, 3.63) is 30.1 Å². The van der Waals surface area contributed by atoms with Crippen LogP contribution in [-0.2, 0) is 0 Å². The van der Waals surface area contributed by atoms with Gasteiger partial charge in [-0.05, 0) is 37.1 Å². The monoisotopic (exact) mass is 284 g/mol. The SMILES string of the molecule is COc1ccc(-c2nc(N)nc(C3CCCCC3)n2)cc1. The zero-order chi connectivity index (χ0) is 14.7. The Bertz CT molecular complexity index is 606. The summed E-state index contributed by atoms with van der Waals surface area (Å²) in [5.41, 5.74) is 6.80. The standard InChI is InChI=1S/C16H20N4O/c1-21-13-9-7-12(8-10-13)15-18-14(19-16(17)20-15)11-5-3-2-4-6-11/h7-11H,2-6H2,1H3,(H2,17,18,19,20). The number of nitrogens with zero attached hydrogens (tertiary/aromatic N) is 3. The van der Waals surface area contributed by atoms with Crippen LogP contribution >= 0.6 is 0 Å². The number of methoxy groups -OCH3 is 1. The molecule has 0 saturated heterocycles. The van der Waals surface area contributed by atoms with Gasteiger partial charge in [-0.2, -0.15) is 9.97 Å². The van der Waals surface area contributed by atoms with E-state index in [1.54, 1.807) is 7.11 Å². The third kappa shape index (κ3) is 3.12. The van der Waals surface area contributed by atoms with Crippen molar-refractivity contribution in [3.63, 3.8) is 0 Å². The van der Waals surface area contributed by atoms with E-state index in [2.05, 4.69) is 15.0 Å². The first-order valence-corrected chi connectivity index (χ1v) is 7.42. The number of ether oxygens (including phenoxy) is 1. The van der Waals surface area contributed by atoms with Crippen LogP contribution in [0, 0.1) is 0 Å². The van der Waals surface area contributed by atoms with Crippen LogP contribution < -0.4 is 10.5 Å². The molecule has 0 spiro atoms. The molecule has 1 saturated carbocycles. The summed E-state index contributed by atoms with van der Waals surface area (Å²) in [6, 6.07) is 7.68. The predicted molar refractivity (Wildman–Crippen MR) is 82.1 cm³/mol. The molecule has 1 aliphatic carbocycles. The van der Waals surface area contributed by atoms with Gasteiger partial charge in [0.1, 0.15) is 11.6 Å². The Morgan fingerprint density at radius 3 is 2.38 bits per heavy atom. The minimum absolute atomic E-state index is 0.302. The van der Waals surface area contributed by atoms with Crippen LogP contribution in [0.1, 0.15) is 43.8 Å². The van der Waals surface area contributed by atoms with Gasteiger partial charge in [0.15, 0.2) is 5.82 Å². The van der Waals surface area contributed by atoms with Gasteiger partial charge in [0.2, 0.25) is 5.95 Å². The molecular formula is C16H20N4O. The van der Waals surface area contributed by atoms with Gasteiger partial charge in [0, 0.05) is 11.5 Å². The molecule has 5 heteroatoms. The highest BCUT2D eigenvalue weighted by Crippen LogP contribution is 2.31. The van der Waals surface area contributed by atoms with Gasteiger partial charge >= 0.3 is 0 Å². The molecule has 1 fully saturated rings. The number of rotatable bonds is 3. The Morgan fingerprint density at radius 2 is 1.71 bits per heavy atom. The third-order valence-corrected chi connectivity index (χ3v) is 3.99. The number of aromatic nitrogens is 3. The van der Waals surface area contributed by atoms with Crippen LogP contribution in [0.25, 0.3) is 11.4 Å². The number of nitrogen functional groups attached to an aromatic ring is 1. The summed E-state index contributed by atoms with van der Waals surface area (Å²) < 4.78 is 5.17. The lowest BCUT2D eigenvalue weighted by Gasteiger charge is -2.20. The summed E-state index contributed by atoms with van der Waals surface area (Å²) in [5.74, 6) is 3.02.